The molecule has 5 rings (SSSR count). The molecule has 0 radical (unpaired) electrons. The normalized spacial score (nSPS) is 24.0. The zero-order valence-electron chi connectivity index (χ0n) is 16.1. The molecule has 154 valence electrons. The van der Waals surface area contributed by atoms with Crippen LogP contribution in [0.5, 0.6) is 0 Å². The van der Waals surface area contributed by atoms with Gasteiger partial charge in [0.1, 0.15) is 18.5 Å². The number of imidazole rings is 1. The maximum atomic E-state index is 10.2. The predicted molar refractivity (Wildman–Crippen MR) is 112 cm³/mol. The summed E-state index contributed by atoms with van der Waals surface area (Å²) < 4.78 is 7.38. The zero-order valence-corrected chi connectivity index (χ0v) is 16.1. The molecule has 1 aliphatic heterocycles. The number of aromatic nitrogens is 4. The molecule has 9 nitrogen and oxygen atoms in total. The lowest BCUT2D eigenvalue weighted by atomic mass is 10.1. The van der Waals surface area contributed by atoms with Gasteiger partial charge < -0.3 is 26.0 Å². The molecule has 4 atom stereocenters. The molecule has 2 aromatic carbocycles. The minimum Gasteiger partial charge on any atom is -0.394 e. The fourth-order valence-electron chi connectivity index (χ4n) is 3.87. The van der Waals surface area contributed by atoms with Crippen LogP contribution in [0.15, 0.2) is 55.1 Å². The van der Waals surface area contributed by atoms with Gasteiger partial charge in [0, 0.05) is 6.54 Å². The van der Waals surface area contributed by atoms with Crippen molar-refractivity contribution in [3.8, 4) is 0 Å². The maximum absolute atomic E-state index is 10.2. The van der Waals surface area contributed by atoms with Crippen molar-refractivity contribution in [2.75, 3.05) is 11.9 Å². The highest BCUT2D eigenvalue weighted by Crippen LogP contribution is 2.31. The van der Waals surface area contributed by atoms with Gasteiger partial charge in [-0.2, -0.15) is 0 Å². The van der Waals surface area contributed by atoms with Gasteiger partial charge in [0.15, 0.2) is 23.2 Å². The third-order valence-electron chi connectivity index (χ3n) is 5.51. The van der Waals surface area contributed by atoms with Crippen LogP contribution in [0.2, 0.25) is 0 Å². The second-order valence-electron chi connectivity index (χ2n) is 7.40. The average Bonchev–Trinajstić information content (AvgIpc) is 3.33. The summed E-state index contributed by atoms with van der Waals surface area (Å²) in [6.45, 7) is 0.264. The summed E-state index contributed by atoms with van der Waals surface area (Å²) in [6, 6.07) is 13.8. The molecule has 1 saturated heterocycles. The molecule has 3 heterocycles. The monoisotopic (exact) mass is 406 g/mol. The lowest BCUT2D eigenvalue weighted by Gasteiger charge is -2.17. The molecule has 1 fully saturated rings. The van der Waals surface area contributed by atoms with E-state index in [1.165, 1.54) is 17.1 Å². The second kappa shape index (κ2) is 7.62. The Balaban J connectivity index is 1.40. The lowest BCUT2D eigenvalue weighted by molar-refractivity contribution is -0.0437. The molecule has 30 heavy (non-hydrogen) atoms. The van der Waals surface area contributed by atoms with E-state index in [9.17, 15) is 10.2 Å². The molecule has 2 aromatic heterocycles. The highest BCUT2D eigenvalue weighted by Gasteiger charge is 2.42. The van der Waals surface area contributed by atoms with Crippen molar-refractivity contribution in [3.63, 3.8) is 0 Å². The molecule has 9 heteroatoms. The maximum Gasteiger partial charge on any atom is 0.167 e. The molecule has 0 aliphatic carbocycles. The first-order valence-electron chi connectivity index (χ1n) is 9.75. The van der Waals surface area contributed by atoms with Gasteiger partial charge in [-0.1, -0.05) is 36.4 Å². The van der Waals surface area contributed by atoms with Crippen molar-refractivity contribution >= 4 is 27.8 Å². The summed E-state index contributed by atoms with van der Waals surface area (Å²) in [7, 11) is 0. The molecule has 0 saturated carbocycles. The number of hydrogen-bond acceptors (Lipinski definition) is 8. The second-order valence-corrected chi connectivity index (χ2v) is 7.40. The van der Waals surface area contributed by atoms with Crippen molar-refractivity contribution in [3.05, 3.63) is 60.7 Å². The highest BCUT2D eigenvalue weighted by molar-refractivity contribution is 5.84. The Morgan fingerprint density at radius 1 is 1.10 bits per heavy atom. The molecule has 0 bridgehead atoms. The average molecular weight is 406 g/mol. The highest BCUT2D eigenvalue weighted by atomic mass is 16.5. The van der Waals surface area contributed by atoms with Gasteiger partial charge in [-0.15, -0.1) is 0 Å². The zero-order chi connectivity index (χ0) is 20.7. The van der Waals surface area contributed by atoms with Crippen LogP contribution in [0.1, 0.15) is 11.8 Å². The fourth-order valence-corrected chi connectivity index (χ4v) is 3.87. The lowest BCUT2D eigenvalue weighted by Crippen LogP contribution is -2.39. The molecule has 5 N–H and O–H groups in total. The summed E-state index contributed by atoms with van der Waals surface area (Å²) in [5, 5.41) is 25.2. The number of aliphatic hydroxyl groups excluding tert-OH is 2. The smallest absolute Gasteiger partial charge is 0.167 e. The standard InChI is InChI=1S/C21H22N6O3/c22-16-18(29)15(9-28)30-21(16)27-11-26-17-19(24-10-25-20(17)27)23-8-12-5-6-13-3-1-2-4-14(13)7-12/h1-7,10-11,15-16,18,21,28-29H,8-9,22H2,(H,23,24,25)/t15-,16-,18-,21-/m1/s1. The van der Waals surface area contributed by atoms with Gasteiger partial charge in [0.2, 0.25) is 0 Å². The van der Waals surface area contributed by atoms with Crippen LogP contribution in [0.4, 0.5) is 5.82 Å². The van der Waals surface area contributed by atoms with E-state index in [1.54, 1.807) is 10.9 Å². The SMILES string of the molecule is N[C@@H]1[C@H](O)[C@@H](CO)O[C@H]1n1cnc2c(NCc3ccc4ccccc4c3)ncnc21. The Bertz CT molecular complexity index is 1200. The molecule has 0 spiro atoms. The Hall–Kier alpha value is -3.11. The van der Waals surface area contributed by atoms with Crippen molar-refractivity contribution < 1.29 is 14.9 Å². The van der Waals surface area contributed by atoms with E-state index >= 15 is 0 Å². The minimum atomic E-state index is -0.968. The van der Waals surface area contributed by atoms with Gasteiger partial charge in [0.05, 0.1) is 19.0 Å². The number of rotatable bonds is 5. The molecule has 4 aromatic rings. The van der Waals surface area contributed by atoms with Crippen LogP contribution in [0, 0.1) is 0 Å². The van der Waals surface area contributed by atoms with Crippen LogP contribution in [0.3, 0.4) is 0 Å². The molecular formula is C21H22N6O3. The molecule has 1 aliphatic rings. The number of benzene rings is 2. The van der Waals surface area contributed by atoms with E-state index < -0.39 is 24.5 Å². The first-order valence-corrected chi connectivity index (χ1v) is 9.75. The Labute approximate surface area is 172 Å². The molecule has 0 amide bonds. The Morgan fingerprint density at radius 3 is 2.73 bits per heavy atom. The summed E-state index contributed by atoms with van der Waals surface area (Å²) in [4.78, 5) is 13.1. The number of hydrogen-bond donors (Lipinski definition) is 4. The number of fused-ring (bicyclic) bond motifs is 2. The molecule has 0 unspecified atom stereocenters. The van der Waals surface area contributed by atoms with Gasteiger partial charge in [0.25, 0.3) is 0 Å². The van der Waals surface area contributed by atoms with Gasteiger partial charge in [-0.05, 0) is 22.4 Å². The van der Waals surface area contributed by atoms with Crippen LogP contribution < -0.4 is 11.1 Å². The van der Waals surface area contributed by atoms with E-state index in [4.69, 9.17) is 10.5 Å². The summed E-state index contributed by atoms with van der Waals surface area (Å²) in [5.74, 6) is 0.595. The molecular weight excluding hydrogens is 384 g/mol. The van der Waals surface area contributed by atoms with Crippen molar-refractivity contribution in [2.24, 2.45) is 5.73 Å². The van der Waals surface area contributed by atoms with Crippen molar-refractivity contribution in [2.45, 2.75) is 31.0 Å². The first-order chi connectivity index (χ1) is 14.7. The van der Waals surface area contributed by atoms with Crippen LogP contribution >= 0.6 is 0 Å². The number of ether oxygens (including phenoxy) is 1. The van der Waals surface area contributed by atoms with E-state index in [0.29, 0.717) is 23.5 Å². The predicted octanol–water partition coefficient (Wildman–Crippen LogP) is 1.17. The Morgan fingerprint density at radius 2 is 1.93 bits per heavy atom. The first kappa shape index (κ1) is 18.9. The summed E-state index contributed by atoms with van der Waals surface area (Å²) in [5.41, 5.74) is 8.33. The fraction of sp³-hybridized carbons (Fsp3) is 0.286. The van der Waals surface area contributed by atoms with Crippen molar-refractivity contribution in [1.82, 2.24) is 19.5 Å². The van der Waals surface area contributed by atoms with Gasteiger partial charge in [-0.25, -0.2) is 15.0 Å². The number of aliphatic hydroxyl groups is 2. The Kier molecular flexibility index (Phi) is 4.80. The third kappa shape index (κ3) is 3.17. The number of nitrogens with zero attached hydrogens (tertiary/aromatic N) is 4. The number of nitrogens with two attached hydrogens (primary N) is 1. The van der Waals surface area contributed by atoms with Crippen LogP contribution in [0.25, 0.3) is 21.9 Å². The minimum absolute atomic E-state index is 0.314. The number of anilines is 1. The summed E-state index contributed by atoms with van der Waals surface area (Å²) >= 11 is 0. The summed E-state index contributed by atoms with van der Waals surface area (Å²) in [6.07, 6.45) is 0.631. The topological polar surface area (TPSA) is 131 Å². The van der Waals surface area contributed by atoms with Gasteiger partial charge >= 0.3 is 0 Å². The largest absolute Gasteiger partial charge is 0.394 e. The van der Waals surface area contributed by atoms with Crippen molar-refractivity contribution in [1.29, 1.82) is 0 Å². The van der Waals surface area contributed by atoms with E-state index in [1.807, 2.05) is 12.1 Å². The van der Waals surface area contributed by atoms with Crippen LogP contribution in [-0.2, 0) is 11.3 Å². The van der Waals surface area contributed by atoms with E-state index in [0.717, 1.165) is 5.56 Å². The third-order valence-corrected chi connectivity index (χ3v) is 5.51. The van der Waals surface area contributed by atoms with E-state index in [2.05, 4.69) is 50.6 Å². The van der Waals surface area contributed by atoms with Crippen LogP contribution in [-0.4, -0.2) is 54.6 Å². The van der Waals surface area contributed by atoms with Gasteiger partial charge in [-0.3, -0.25) is 4.57 Å². The number of nitrogens with one attached hydrogen (secondary N) is 1. The van der Waals surface area contributed by atoms with E-state index in [-0.39, 0.29) is 6.61 Å². The quantitative estimate of drug-likeness (QED) is 0.388.